The van der Waals surface area contributed by atoms with E-state index in [2.05, 4.69) is 0 Å². The topological polar surface area (TPSA) is 71.4 Å². The van der Waals surface area contributed by atoms with Crippen molar-refractivity contribution >= 4 is 28.2 Å². The zero-order valence-corrected chi connectivity index (χ0v) is 8.93. The first kappa shape index (κ1) is 12.9. The number of aromatic carboxylic acids is 1. The summed E-state index contributed by atoms with van der Waals surface area (Å²) >= 11 is 0. The molecule has 4 nitrogen and oxygen atoms in total. The largest absolute Gasteiger partial charge is 0.478 e. The van der Waals surface area contributed by atoms with Gasteiger partial charge in [0.25, 0.3) is 0 Å². The summed E-state index contributed by atoms with van der Waals surface area (Å²) in [4.78, 5) is 10.5. The highest BCUT2D eigenvalue weighted by molar-refractivity contribution is 7.90. The van der Waals surface area contributed by atoms with E-state index in [-0.39, 0.29) is 22.9 Å². The summed E-state index contributed by atoms with van der Waals surface area (Å²) in [5.74, 6) is -1.13. The predicted molar refractivity (Wildman–Crippen MR) is 53.8 cm³/mol. The average Bonchev–Trinajstić information content (AvgIpc) is 2.03. The van der Waals surface area contributed by atoms with Crippen molar-refractivity contribution in [1.29, 1.82) is 0 Å². The summed E-state index contributed by atoms with van der Waals surface area (Å²) in [5, 5.41) is 8.58. The molecule has 0 aliphatic carbocycles. The third kappa shape index (κ3) is 3.01. The molecule has 0 aromatic heterocycles. The maximum atomic E-state index is 11.0. The number of carboxylic acid groups (broad SMARTS) is 1. The van der Waals surface area contributed by atoms with Gasteiger partial charge in [0, 0.05) is 6.26 Å². The Bertz CT molecular complexity index is 438. The van der Waals surface area contributed by atoms with E-state index in [0.717, 1.165) is 12.3 Å². The molecule has 0 spiro atoms. The fourth-order valence-corrected chi connectivity index (χ4v) is 1.53. The Kier molecular flexibility index (Phi) is 4.09. The van der Waals surface area contributed by atoms with Crippen LogP contribution in [0.25, 0.3) is 0 Å². The van der Waals surface area contributed by atoms with Crippen molar-refractivity contribution in [2.45, 2.75) is 4.90 Å². The Morgan fingerprint density at radius 2 is 1.93 bits per heavy atom. The standard InChI is InChI=1S/C8H8O4S.ClH/c1-13(11,12)7-4-2-3-6(5-7)8(9)10;/h2-5H,1H3,(H,9,10);1H. The Morgan fingerprint density at radius 1 is 1.36 bits per heavy atom. The first-order valence-electron chi connectivity index (χ1n) is 3.44. The van der Waals surface area contributed by atoms with Crippen LogP contribution >= 0.6 is 12.4 Å². The number of halogens is 1. The molecule has 14 heavy (non-hydrogen) atoms. The Balaban J connectivity index is 0.00000169. The molecule has 0 saturated heterocycles. The van der Waals surface area contributed by atoms with Crippen LogP contribution in [0.4, 0.5) is 0 Å². The van der Waals surface area contributed by atoms with Gasteiger partial charge in [0.15, 0.2) is 9.84 Å². The normalized spacial score (nSPS) is 10.4. The molecule has 6 heteroatoms. The summed E-state index contributed by atoms with van der Waals surface area (Å²) < 4.78 is 22.0. The molecule has 0 fully saturated rings. The van der Waals surface area contributed by atoms with Crippen molar-refractivity contribution in [3.05, 3.63) is 29.8 Å². The van der Waals surface area contributed by atoms with Gasteiger partial charge >= 0.3 is 5.97 Å². The SMILES string of the molecule is CS(=O)(=O)c1cccc(C(=O)O)c1.Cl. The lowest BCUT2D eigenvalue weighted by atomic mass is 10.2. The van der Waals surface area contributed by atoms with E-state index in [9.17, 15) is 13.2 Å². The van der Waals surface area contributed by atoms with Gasteiger partial charge in [-0.25, -0.2) is 13.2 Å². The van der Waals surface area contributed by atoms with Crippen LogP contribution in [0.5, 0.6) is 0 Å². The van der Waals surface area contributed by atoms with Crippen LogP contribution in [0.15, 0.2) is 29.2 Å². The molecule has 0 aliphatic heterocycles. The van der Waals surface area contributed by atoms with Gasteiger partial charge in [-0.3, -0.25) is 0 Å². The number of hydrogen-bond donors (Lipinski definition) is 1. The molecule has 0 aliphatic rings. The first-order valence-corrected chi connectivity index (χ1v) is 5.34. The van der Waals surface area contributed by atoms with E-state index in [4.69, 9.17) is 5.11 Å². The van der Waals surface area contributed by atoms with Crippen LogP contribution in [0.2, 0.25) is 0 Å². The minimum Gasteiger partial charge on any atom is -0.478 e. The van der Waals surface area contributed by atoms with Gasteiger partial charge in [-0.15, -0.1) is 12.4 Å². The van der Waals surface area contributed by atoms with E-state index >= 15 is 0 Å². The molecule has 0 radical (unpaired) electrons. The summed E-state index contributed by atoms with van der Waals surface area (Å²) in [5.41, 5.74) is -0.0251. The number of sulfone groups is 1. The smallest absolute Gasteiger partial charge is 0.335 e. The Hall–Kier alpha value is -1.07. The highest BCUT2D eigenvalue weighted by atomic mass is 35.5. The van der Waals surface area contributed by atoms with Crippen LogP contribution in [-0.4, -0.2) is 25.7 Å². The van der Waals surface area contributed by atoms with E-state index in [0.29, 0.717) is 0 Å². The van der Waals surface area contributed by atoms with E-state index in [1.807, 2.05) is 0 Å². The fourth-order valence-electron chi connectivity index (χ4n) is 0.860. The molecule has 0 saturated carbocycles. The summed E-state index contributed by atoms with van der Waals surface area (Å²) in [6, 6.07) is 5.25. The maximum Gasteiger partial charge on any atom is 0.335 e. The Labute approximate surface area is 87.9 Å². The maximum absolute atomic E-state index is 11.0. The number of carbonyl (C=O) groups is 1. The number of carboxylic acids is 1. The van der Waals surface area contributed by atoms with Gasteiger partial charge in [-0.2, -0.15) is 0 Å². The molecule has 1 N–H and O–H groups in total. The molecule has 0 bridgehead atoms. The molecule has 1 aromatic carbocycles. The van der Waals surface area contributed by atoms with Crippen molar-refractivity contribution in [3.8, 4) is 0 Å². The fraction of sp³-hybridized carbons (Fsp3) is 0.125. The van der Waals surface area contributed by atoms with Gasteiger partial charge < -0.3 is 5.11 Å². The second-order valence-corrected chi connectivity index (χ2v) is 4.62. The average molecular weight is 237 g/mol. The first-order chi connectivity index (χ1) is 5.91. The molecule has 1 rings (SSSR count). The van der Waals surface area contributed by atoms with E-state index in [1.54, 1.807) is 0 Å². The molecule has 1 aromatic rings. The molecule has 0 heterocycles. The van der Waals surface area contributed by atoms with Gasteiger partial charge in [-0.1, -0.05) is 6.07 Å². The predicted octanol–water partition coefficient (Wildman–Crippen LogP) is 1.21. The highest BCUT2D eigenvalue weighted by Gasteiger charge is 2.09. The molecular formula is C8H9ClO4S. The summed E-state index contributed by atoms with van der Waals surface area (Å²) in [6.45, 7) is 0. The minimum atomic E-state index is -3.32. The second-order valence-electron chi connectivity index (χ2n) is 2.61. The van der Waals surface area contributed by atoms with Crippen molar-refractivity contribution in [1.82, 2.24) is 0 Å². The van der Waals surface area contributed by atoms with E-state index in [1.165, 1.54) is 18.2 Å². The van der Waals surface area contributed by atoms with E-state index < -0.39 is 15.8 Å². The lowest BCUT2D eigenvalue weighted by Gasteiger charge is -1.98. The van der Waals surface area contributed by atoms with Gasteiger partial charge in [0.05, 0.1) is 10.5 Å². The quantitative estimate of drug-likeness (QED) is 0.838. The highest BCUT2D eigenvalue weighted by Crippen LogP contribution is 2.10. The summed E-state index contributed by atoms with van der Waals surface area (Å²) in [7, 11) is -3.32. The van der Waals surface area contributed by atoms with Crippen molar-refractivity contribution in [2.24, 2.45) is 0 Å². The van der Waals surface area contributed by atoms with Crippen LogP contribution in [-0.2, 0) is 9.84 Å². The molecule has 0 unspecified atom stereocenters. The van der Waals surface area contributed by atoms with Crippen LogP contribution < -0.4 is 0 Å². The number of hydrogen-bond acceptors (Lipinski definition) is 3. The summed E-state index contributed by atoms with van der Waals surface area (Å²) in [6.07, 6.45) is 1.04. The molecule has 0 atom stereocenters. The number of benzene rings is 1. The monoisotopic (exact) mass is 236 g/mol. The second kappa shape index (κ2) is 4.43. The molecule has 0 amide bonds. The zero-order chi connectivity index (χ0) is 10.1. The third-order valence-electron chi connectivity index (χ3n) is 1.51. The van der Waals surface area contributed by atoms with Gasteiger partial charge in [0.2, 0.25) is 0 Å². The van der Waals surface area contributed by atoms with Crippen LogP contribution in [0.1, 0.15) is 10.4 Å². The Morgan fingerprint density at radius 3 is 2.36 bits per heavy atom. The lowest BCUT2D eigenvalue weighted by molar-refractivity contribution is 0.0696. The number of rotatable bonds is 2. The van der Waals surface area contributed by atoms with Gasteiger partial charge in [-0.05, 0) is 18.2 Å². The molecule has 78 valence electrons. The minimum absolute atomic E-state index is 0. The van der Waals surface area contributed by atoms with Crippen molar-refractivity contribution < 1.29 is 18.3 Å². The zero-order valence-electron chi connectivity index (χ0n) is 7.30. The third-order valence-corrected chi connectivity index (χ3v) is 2.62. The molecular weight excluding hydrogens is 228 g/mol. The van der Waals surface area contributed by atoms with Crippen LogP contribution in [0, 0.1) is 0 Å². The van der Waals surface area contributed by atoms with Crippen molar-refractivity contribution in [2.75, 3.05) is 6.26 Å². The lowest BCUT2D eigenvalue weighted by Crippen LogP contribution is -2.01. The van der Waals surface area contributed by atoms with Gasteiger partial charge in [0.1, 0.15) is 0 Å². The van der Waals surface area contributed by atoms with Crippen LogP contribution in [0.3, 0.4) is 0 Å². The van der Waals surface area contributed by atoms with Crippen molar-refractivity contribution in [3.63, 3.8) is 0 Å².